The summed E-state index contributed by atoms with van der Waals surface area (Å²) in [6.45, 7) is 0. The van der Waals surface area contributed by atoms with Crippen LogP contribution in [0.1, 0.15) is 11.1 Å². The van der Waals surface area contributed by atoms with Gasteiger partial charge in [-0.25, -0.2) is 0 Å². The summed E-state index contributed by atoms with van der Waals surface area (Å²) in [5, 5.41) is 5.03. The Balaban J connectivity index is 1.67. The van der Waals surface area contributed by atoms with E-state index in [-0.39, 0.29) is 5.41 Å². The maximum absolute atomic E-state index is 3.47. The first-order chi connectivity index (χ1) is 14.4. The van der Waals surface area contributed by atoms with Crippen molar-refractivity contribution in [1.82, 2.24) is 0 Å². The van der Waals surface area contributed by atoms with Crippen LogP contribution in [0.4, 0.5) is 0 Å². The molecule has 4 aromatic carbocycles. The number of allylic oxidation sites excluding steroid dienone is 4. The molecule has 0 unspecified atom stereocenters. The van der Waals surface area contributed by atoms with Crippen LogP contribution >= 0.6 is 0 Å². The van der Waals surface area contributed by atoms with Gasteiger partial charge in [0.1, 0.15) is 0 Å². The Bertz CT molecular complexity index is 1380. The molecule has 2 aliphatic rings. The van der Waals surface area contributed by atoms with E-state index in [1.807, 2.05) is 6.07 Å². The second-order valence-corrected chi connectivity index (χ2v) is 7.76. The summed E-state index contributed by atoms with van der Waals surface area (Å²) in [6, 6.07) is 35.7. The van der Waals surface area contributed by atoms with Crippen molar-refractivity contribution in [3.63, 3.8) is 0 Å². The third-order valence-corrected chi connectivity index (χ3v) is 6.16. The van der Waals surface area contributed by atoms with Crippen LogP contribution in [-0.2, 0) is 5.41 Å². The highest BCUT2D eigenvalue weighted by Crippen LogP contribution is 2.41. The molecule has 4 aromatic rings. The molecule has 0 aliphatic heterocycles. The molecule has 0 saturated carbocycles. The number of rotatable bonds is 2. The maximum atomic E-state index is 3.47. The van der Waals surface area contributed by atoms with Gasteiger partial charge in [0.2, 0.25) is 0 Å². The Morgan fingerprint density at radius 1 is 0.690 bits per heavy atom. The lowest BCUT2D eigenvalue weighted by atomic mass is 9.70. The van der Waals surface area contributed by atoms with E-state index in [0.29, 0.717) is 0 Å². The second-order valence-electron chi connectivity index (χ2n) is 7.76. The first kappa shape index (κ1) is 16.3. The topological polar surface area (TPSA) is 0 Å². The van der Waals surface area contributed by atoms with Crippen LogP contribution in [0.25, 0.3) is 22.4 Å². The van der Waals surface area contributed by atoms with E-state index in [1.54, 1.807) is 0 Å². The molecule has 0 atom stereocenters. The molecule has 0 N–H and O–H groups in total. The number of fused-ring (bicyclic) bond motifs is 4. The van der Waals surface area contributed by atoms with Crippen LogP contribution in [0.2, 0.25) is 0 Å². The third-order valence-electron chi connectivity index (χ3n) is 6.16. The molecule has 2 aliphatic carbocycles. The highest BCUT2D eigenvalue weighted by molar-refractivity contribution is 5.96. The summed E-state index contributed by atoms with van der Waals surface area (Å²) in [7, 11) is 0. The Hall–Kier alpha value is -3.64. The predicted molar refractivity (Wildman–Crippen MR) is 121 cm³/mol. The minimum atomic E-state index is -0.264. The Morgan fingerprint density at radius 3 is 2.14 bits per heavy atom. The van der Waals surface area contributed by atoms with Crippen LogP contribution in [0.15, 0.2) is 115 Å². The second kappa shape index (κ2) is 6.18. The summed E-state index contributed by atoms with van der Waals surface area (Å²) in [5.41, 5.74) is 4.90. The largest absolute Gasteiger partial charge is 0.0651 e. The van der Waals surface area contributed by atoms with Gasteiger partial charge < -0.3 is 0 Å². The van der Waals surface area contributed by atoms with Gasteiger partial charge in [-0.15, -0.1) is 0 Å². The molecule has 0 amide bonds. The predicted octanol–water partition coefficient (Wildman–Crippen LogP) is 5.07. The van der Waals surface area contributed by atoms with Crippen molar-refractivity contribution in [2.45, 2.75) is 5.41 Å². The van der Waals surface area contributed by atoms with Gasteiger partial charge in [0.25, 0.3) is 0 Å². The fraction of sp³-hybridized carbons (Fsp3) is 0.0345. The number of hydrogen-bond donors (Lipinski definition) is 0. The highest BCUT2D eigenvalue weighted by atomic mass is 14.4. The molecule has 135 valence electrons. The van der Waals surface area contributed by atoms with Gasteiger partial charge in [0.15, 0.2) is 0 Å². The smallest absolute Gasteiger partial charge is 0.0574 e. The fourth-order valence-electron chi connectivity index (χ4n) is 4.77. The summed E-state index contributed by atoms with van der Waals surface area (Å²) in [6.07, 6.45) is 9.44. The highest BCUT2D eigenvalue weighted by Gasteiger charge is 2.33. The molecule has 0 saturated heterocycles. The molecular weight excluding hydrogens is 348 g/mol. The van der Waals surface area contributed by atoms with Crippen LogP contribution < -0.4 is 10.4 Å². The normalized spacial score (nSPS) is 16.1. The van der Waals surface area contributed by atoms with Crippen molar-refractivity contribution in [3.8, 4) is 0 Å². The van der Waals surface area contributed by atoms with Crippen molar-refractivity contribution in [2.75, 3.05) is 0 Å². The summed E-state index contributed by atoms with van der Waals surface area (Å²) in [4.78, 5) is 0. The molecule has 0 heterocycles. The van der Waals surface area contributed by atoms with Gasteiger partial charge in [-0.05, 0) is 55.6 Å². The van der Waals surface area contributed by atoms with E-state index in [4.69, 9.17) is 0 Å². The van der Waals surface area contributed by atoms with Crippen LogP contribution in [0, 0.1) is 6.07 Å². The van der Waals surface area contributed by atoms with Crippen molar-refractivity contribution < 1.29 is 0 Å². The Morgan fingerprint density at radius 2 is 1.41 bits per heavy atom. The minimum absolute atomic E-state index is 0.264. The average Bonchev–Trinajstić information content (AvgIpc) is 3.18. The zero-order chi connectivity index (χ0) is 19.3. The van der Waals surface area contributed by atoms with Crippen molar-refractivity contribution in [1.29, 1.82) is 0 Å². The average molecular weight is 367 g/mol. The van der Waals surface area contributed by atoms with Gasteiger partial charge in [-0.3, -0.25) is 0 Å². The van der Waals surface area contributed by atoms with E-state index in [0.717, 1.165) is 0 Å². The SMILES string of the molecule is [c]1cccc2ccc3c(c12)=C1C=CC(c2ccccc2)(c2ccccc2)C=C1C=3. The van der Waals surface area contributed by atoms with E-state index in [2.05, 4.69) is 115 Å². The van der Waals surface area contributed by atoms with Gasteiger partial charge >= 0.3 is 0 Å². The van der Waals surface area contributed by atoms with Gasteiger partial charge in [-0.2, -0.15) is 0 Å². The van der Waals surface area contributed by atoms with Crippen molar-refractivity contribution in [2.24, 2.45) is 0 Å². The number of benzene rings is 4. The van der Waals surface area contributed by atoms with E-state index < -0.39 is 0 Å². The molecular formula is C29H19. The summed E-state index contributed by atoms with van der Waals surface area (Å²) < 4.78 is 0. The zero-order valence-corrected chi connectivity index (χ0v) is 16.0. The van der Waals surface area contributed by atoms with Crippen LogP contribution in [0.3, 0.4) is 0 Å². The minimum Gasteiger partial charge on any atom is -0.0651 e. The lowest BCUT2D eigenvalue weighted by Crippen LogP contribution is -2.26. The quantitative estimate of drug-likeness (QED) is 0.464. The molecule has 0 aromatic heterocycles. The molecule has 0 bridgehead atoms. The van der Waals surface area contributed by atoms with Gasteiger partial charge in [0.05, 0.1) is 5.41 Å². The maximum Gasteiger partial charge on any atom is 0.0574 e. The lowest BCUT2D eigenvalue weighted by Gasteiger charge is -2.32. The molecule has 0 spiro atoms. The Kier molecular flexibility index (Phi) is 3.48. The van der Waals surface area contributed by atoms with Crippen LogP contribution in [0.5, 0.6) is 0 Å². The third kappa shape index (κ3) is 2.39. The Labute approximate surface area is 170 Å². The molecule has 0 fully saturated rings. The molecule has 0 heteroatoms. The zero-order valence-electron chi connectivity index (χ0n) is 16.0. The summed E-state index contributed by atoms with van der Waals surface area (Å²) >= 11 is 0. The number of hydrogen-bond acceptors (Lipinski definition) is 0. The molecule has 29 heavy (non-hydrogen) atoms. The first-order valence-electron chi connectivity index (χ1n) is 10.0. The monoisotopic (exact) mass is 367 g/mol. The van der Waals surface area contributed by atoms with E-state index >= 15 is 0 Å². The fourth-order valence-corrected chi connectivity index (χ4v) is 4.77. The lowest BCUT2D eigenvalue weighted by molar-refractivity contribution is 0.808. The molecule has 6 rings (SSSR count). The summed E-state index contributed by atoms with van der Waals surface area (Å²) in [5.74, 6) is 0. The van der Waals surface area contributed by atoms with Gasteiger partial charge in [-0.1, -0.05) is 109 Å². The first-order valence-corrected chi connectivity index (χ1v) is 10.0. The van der Waals surface area contributed by atoms with Crippen molar-refractivity contribution >= 4 is 22.4 Å². The van der Waals surface area contributed by atoms with E-state index in [9.17, 15) is 0 Å². The van der Waals surface area contributed by atoms with Crippen molar-refractivity contribution in [3.05, 3.63) is 142 Å². The van der Waals surface area contributed by atoms with E-state index in [1.165, 1.54) is 43.5 Å². The van der Waals surface area contributed by atoms with Gasteiger partial charge in [0, 0.05) is 0 Å². The van der Waals surface area contributed by atoms with Crippen LogP contribution in [-0.4, -0.2) is 0 Å². The standard InChI is InChI=1S/C29H19/c1-3-10-24(11-4-1)29(25-12-5-2-6-13-25)18-17-27-23(20-29)19-22-16-15-21-9-7-8-14-26(21)28(22)27/h1-13,15-20H. The molecule has 1 radical (unpaired) electrons. The molecule has 0 nitrogen and oxygen atoms in total.